The summed E-state index contributed by atoms with van der Waals surface area (Å²) < 4.78 is 39.7. The molecule has 1 rings (SSSR count). The van der Waals surface area contributed by atoms with Crippen molar-refractivity contribution in [1.29, 1.82) is 0 Å². The lowest BCUT2D eigenvalue weighted by atomic mass is 9.83. The minimum atomic E-state index is -4.64. The Kier molecular flexibility index (Phi) is 4.62. The number of nitrogens with two attached hydrogens (primary N) is 1. The molecule has 0 saturated heterocycles. The van der Waals surface area contributed by atoms with Crippen LogP contribution in [0.1, 0.15) is 25.8 Å². The third-order valence-corrected chi connectivity index (χ3v) is 2.66. The average molecular weight is 261 g/mol. The van der Waals surface area contributed by atoms with Crippen LogP contribution >= 0.6 is 0 Å². The summed E-state index contributed by atoms with van der Waals surface area (Å²) in [5.41, 5.74) is 6.53. The highest BCUT2D eigenvalue weighted by Crippen LogP contribution is 2.27. The maximum Gasteiger partial charge on any atom is 0.573 e. The van der Waals surface area contributed by atoms with Crippen molar-refractivity contribution in [2.45, 2.75) is 33.1 Å². The van der Waals surface area contributed by atoms with Crippen molar-refractivity contribution in [3.05, 3.63) is 29.8 Å². The normalized spacial score (nSPS) is 12.6. The molecule has 1 aromatic rings. The van der Waals surface area contributed by atoms with Crippen molar-refractivity contribution in [3.8, 4) is 5.75 Å². The highest BCUT2D eigenvalue weighted by atomic mass is 19.4. The molecule has 0 aliphatic carbocycles. The molecule has 0 fully saturated rings. The van der Waals surface area contributed by atoms with Crippen LogP contribution in [0.4, 0.5) is 13.2 Å². The summed E-state index contributed by atoms with van der Waals surface area (Å²) in [5.74, 6) is -0.192. The molecule has 0 aromatic heterocycles. The monoisotopic (exact) mass is 261 g/mol. The van der Waals surface area contributed by atoms with E-state index in [0.717, 1.165) is 18.4 Å². The minimum absolute atomic E-state index is 0.0428. The van der Waals surface area contributed by atoms with Crippen molar-refractivity contribution in [2.24, 2.45) is 11.1 Å². The van der Waals surface area contributed by atoms with Gasteiger partial charge in [-0.3, -0.25) is 0 Å². The number of hydrogen-bond acceptors (Lipinski definition) is 2. The molecule has 0 bridgehead atoms. The van der Waals surface area contributed by atoms with Gasteiger partial charge in [-0.2, -0.15) is 0 Å². The van der Waals surface area contributed by atoms with Crippen LogP contribution in [-0.4, -0.2) is 12.9 Å². The van der Waals surface area contributed by atoms with Crippen LogP contribution < -0.4 is 10.5 Å². The Morgan fingerprint density at radius 2 is 1.67 bits per heavy atom. The SMILES string of the molecule is CC(C)(CCN)Cc1ccc(OC(F)(F)F)cc1. The summed E-state index contributed by atoms with van der Waals surface area (Å²) in [5, 5.41) is 0. The van der Waals surface area contributed by atoms with Crippen molar-refractivity contribution in [2.75, 3.05) is 6.54 Å². The van der Waals surface area contributed by atoms with Gasteiger partial charge in [0.2, 0.25) is 0 Å². The van der Waals surface area contributed by atoms with Gasteiger partial charge < -0.3 is 10.5 Å². The van der Waals surface area contributed by atoms with Crippen molar-refractivity contribution < 1.29 is 17.9 Å². The second-order valence-electron chi connectivity index (χ2n) is 5.07. The average Bonchev–Trinajstić information content (AvgIpc) is 2.18. The summed E-state index contributed by atoms with van der Waals surface area (Å²) >= 11 is 0. The molecular weight excluding hydrogens is 243 g/mol. The predicted molar refractivity (Wildman–Crippen MR) is 64.3 cm³/mol. The number of alkyl halides is 3. The van der Waals surface area contributed by atoms with E-state index in [-0.39, 0.29) is 11.2 Å². The first-order valence-electron chi connectivity index (χ1n) is 5.77. The summed E-state index contributed by atoms with van der Waals surface area (Å²) in [6, 6.07) is 5.97. The van der Waals surface area contributed by atoms with E-state index >= 15 is 0 Å². The van der Waals surface area contributed by atoms with Gasteiger partial charge in [0.1, 0.15) is 5.75 Å². The predicted octanol–water partition coefficient (Wildman–Crippen LogP) is 3.50. The topological polar surface area (TPSA) is 35.2 Å². The molecule has 2 N–H and O–H groups in total. The molecule has 0 spiro atoms. The smallest absolute Gasteiger partial charge is 0.406 e. The van der Waals surface area contributed by atoms with Crippen LogP contribution in [0.2, 0.25) is 0 Å². The second kappa shape index (κ2) is 5.61. The van der Waals surface area contributed by atoms with Gasteiger partial charge in [-0.15, -0.1) is 13.2 Å². The van der Waals surface area contributed by atoms with E-state index in [1.807, 2.05) is 0 Å². The van der Waals surface area contributed by atoms with Gasteiger partial charge in [-0.1, -0.05) is 26.0 Å². The molecule has 0 saturated carbocycles. The molecule has 0 atom stereocenters. The van der Waals surface area contributed by atoms with Crippen LogP contribution in [0, 0.1) is 5.41 Å². The van der Waals surface area contributed by atoms with Gasteiger partial charge >= 0.3 is 6.36 Å². The molecule has 2 nitrogen and oxygen atoms in total. The maximum absolute atomic E-state index is 12.0. The Labute approximate surface area is 105 Å². The molecule has 0 heterocycles. The molecule has 5 heteroatoms. The Hall–Kier alpha value is -1.23. The standard InChI is InChI=1S/C13H18F3NO/c1-12(2,7-8-17)9-10-3-5-11(6-4-10)18-13(14,15)16/h3-6H,7-9,17H2,1-2H3. The van der Waals surface area contributed by atoms with E-state index in [1.165, 1.54) is 12.1 Å². The first-order chi connectivity index (χ1) is 8.22. The van der Waals surface area contributed by atoms with Crippen LogP contribution in [0.25, 0.3) is 0 Å². The third-order valence-electron chi connectivity index (χ3n) is 2.66. The second-order valence-corrected chi connectivity index (χ2v) is 5.07. The molecule has 0 aliphatic heterocycles. The van der Waals surface area contributed by atoms with Gasteiger partial charge in [0.25, 0.3) is 0 Å². The summed E-state index contributed by atoms with van der Waals surface area (Å²) in [6.07, 6.45) is -3.00. The Morgan fingerprint density at radius 1 is 1.11 bits per heavy atom. The van der Waals surface area contributed by atoms with Crippen molar-refractivity contribution in [3.63, 3.8) is 0 Å². The molecule has 0 radical (unpaired) electrons. The van der Waals surface area contributed by atoms with Crippen LogP contribution in [0.5, 0.6) is 5.75 Å². The van der Waals surface area contributed by atoms with Gasteiger partial charge in [-0.25, -0.2) is 0 Å². The Bertz CT molecular complexity index is 371. The Balaban J connectivity index is 2.66. The molecule has 18 heavy (non-hydrogen) atoms. The largest absolute Gasteiger partial charge is 0.573 e. The zero-order valence-corrected chi connectivity index (χ0v) is 10.6. The number of ether oxygens (including phenoxy) is 1. The fourth-order valence-corrected chi connectivity index (χ4v) is 1.84. The third kappa shape index (κ3) is 5.40. The van der Waals surface area contributed by atoms with Crippen molar-refractivity contribution >= 4 is 0 Å². The maximum atomic E-state index is 12.0. The lowest BCUT2D eigenvalue weighted by Gasteiger charge is -2.24. The zero-order chi connectivity index (χ0) is 13.8. The molecular formula is C13H18F3NO. The first kappa shape index (κ1) is 14.8. The Morgan fingerprint density at radius 3 is 2.11 bits per heavy atom. The zero-order valence-electron chi connectivity index (χ0n) is 10.6. The fraction of sp³-hybridized carbons (Fsp3) is 0.538. The van der Waals surface area contributed by atoms with E-state index in [9.17, 15) is 13.2 Å². The molecule has 0 amide bonds. The van der Waals surface area contributed by atoms with E-state index in [1.54, 1.807) is 12.1 Å². The van der Waals surface area contributed by atoms with Gasteiger partial charge in [0.05, 0.1) is 0 Å². The molecule has 1 aromatic carbocycles. The minimum Gasteiger partial charge on any atom is -0.406 e. The number of rotatable bonds is 5. The molecule has 0 aliphatic rings. The molecule has 0 unspecified atom stereocenters. The summed E-state index contributed by atoms with van der Waals surface area (Å²) in [6.45, 7) is 4.77. The van der Waals surface area contributed by atoms with Gasteiger partial charge in [0, 0.05) is 0 Å². The van der Waals surface area contributed by atoms with Crippen LogP contribution in [-0.2, 0) is 6.42 Å². The quantitative estimate of drug-likeness (QED) is 0.880. The number of hydrogen-bond donors (Lipinski definition) is 1. The lowest BCUT2D eigenvalue weighted by Crippen LogP contribution is -2.20. The van der Waals surface area contributed by atoms with E-state index in [0.29, 0.717) is 6.54 Å². The van der Waals surface area contributed by atoms with Crippen molar-refractivity contribution in [1.82, 2.24) is 0 Å². The van der Waals surface area contributed by atoms with Crippen LogP contribution in [0.15, 0.2) is 24.3 Å². The highest BCUT2D eigenvalue weighted by Gasteiger charge is 2.31. The number of halogens is 3. The lowest BCUT2D eigenvalue weighted by molar-refractivity contribution is -0.274. The molecule has 102 valence electrons. The van der Waals surface area contributed by atoms with E-state index in [2.05, 4.69) is 18.6 Å². The highest BCUT2D eigenvalue weighted by molar-refractivity contribution is 5.28. The number of benzene rings is 1. The summed E-state index contributed by atoms with van der Waals surface area (Å²) in [7, 11) is 0. The van der Waals surface area contributed by atoms with Gasteiger partial charge in [0.15, 0.2) is 0 Å². The van der Waals surface area contributed by atoms with E-state index < -0.39 is 6.36 Å². The van der Waals surface area contributed by atoms with Crippen LogP contribution in [0.3, 0.4) is 0 Å². The first-order valence-corrected chi connectivity index (χ1v) is 5.77. The fourth-order valence-electron chi connectivity index (χ4n) is 1.84. The van der Waals surface area contributed by atoms with Gasteiger partial charge in [-0.05, 0) is 42.5 Å². The van der Waals surface area contributed by atoms with E-state index in [4.69, 9.17) is 5.73 Å². The summed E-state index contributed by atoms with van der Waals surface area (Å²) in [4.78, 5) is 0.